The third kappa shape index (κ3) is 5.50. The van der Waals surface area contributed by atoms with Crippen molar-refractivity contribution < 1.29 is 9.59 Å². The van der Waals surface area contributed by atoms with Crippen LogP contribution in [0.25, 0.3) is 0 Å². The number of nitrogens with one attached hydrogen (secondary N) is 2. The van der Waals surface area contributed by atoms with Crippen molar-refractivity contribution in [3.8, 4) is 0 Å². The average Bonchev–Trinajstić information content (AvgIpc) is 2.98. The van der Waals surface area contributed by atoms with Gasteiger partial charge in [0.2, 0.25) is 11.0 Å². The van der Waals surface area contributed by atoms with Gasteiger partial charge in [0.15, 0.2) is 10.1 Å². The Morgan fingerprint density at radius 2 is 2.04 bits per heavy atom. The van der Waals surface area contributed by atoms with E-state index in [4.69, 9.17) is 0 Å². The molecule has 0 aliphatic carbocycles. The van der Waals surface area contributed by atoms with Crippen molar-refractivity contribution >= 4 is 45.6 Å². The summed E-state index contributed by atoms with van der Waals surface area (Å²) in [5, 5.41) is 14.4. The van der Waals surface area contributed by atoms with E-state index in [1.807, 2.05) is 0 Å². The van der Waals surface area contributed by atoms with Crippen LogP contribution in [0.1, 0.15) is 17.3 Å². The van der Waals surface area contributed by atoms with E-state index >= 15 is 0 Å². The average molecular weight is 348 g/mol. The maximum absolute atomic E-state index is 12.1. The molecule has 0 aliphatic heterocycles. The smallest absolute Gasteiger partial charge is 0.221 e. The molecule has 0 fully saturated rings. The van der Waals surface area contributed by atoms with Gasteiger partial charge in [-0.15, -0.1) is 16.8 Å². The molecule has 0 bridgehead atoms. The Morgan fingerprint density at radius 1 is 1.30 bits per heavy atom. The van der Waals surface area contributed by atoms with Gasteiger partial charge in [-0.1, -0.05) is 29.2 Å². The predicted octanol–water partition coefficient (Wildman–Crippen LogP) is 3.07. The van der Waals surface area contributed by atoms with E-state index in [-0.39, 0.29) is 17.4 Å². The molecule has 0 saturated carbocycles. The first-order valence-electron chi connectivity index (χ1n) is 6.80. The summed E-state index contributed by atoms with van der Waals surface area (Å²) in [5.74, 6) is 0.146. The van der Waals surface area contributed by atoms with Crippen molar-refractivity contribution in [2.75, 3.05) is 22.9 Å². The highest BCUT2D eigenvalue weighted by molar-refractivity contribution is 8.01. The molecule has 0 atom stereocenters. The number of anilines is 2. The molecule has 1 heterocycles. The van der Waals surface area contributed by atoms with Gasteiger partial charge in [-0.25, -0.2) is 0 Å². The Morgan fingerprint density at radius 3 is 2.70 bits per heavy atom. The van der Waals surface area contributed by atoms with Gasteiger partial charge in [0.1, 0.15) is 0 Å². The number of benzene rings is 1. The van der Waals surface area contributed by atoms with Crippen LogP contribution in [0.15, 0.2) is 41.3 Å². The Hall–Kier alpha value is -2.19. The fourth-order valence-electron chi connectivity index (χ4n) is 1.65. The topological polar surface area (TPSA) is 84.0 Å². The summed E-state index contributed by atoms with van der Waals surface area (Å²) in [7, 11) is 0. The molecule has 1 aromatic heterocycles. The lowest BCUT2D eigenvalue weighted by Crippen LogP contribution is -2.06. The molecule has 0 aliphatic rings. The molecule has 2 N–H and O–H groups in total. The molecule has 120 valence electrons. The molecule has 2 rings (SSSR count). The molecule has 6 nitrogen and oxygen atoms in total. The van der Waals surface area contributed by atoms with E-state index in [2.05, 4.69) is 27.4 Å². The van der Waals surface area contributed by atoms with Crippen LogP contribution in [-0.2, 0) is 4.79 Å². The highest BCUT2D eigenvalue weighted by Gasteiger charge is 2.10. The minimum Gasteiger partial charge on any atom is -0.357 e. The molecule has 1 aromatic carbocycles. The van der Waals surface area contributed by atoms with Crippen LogP contribution in [0, 0.1) is 0 Å². The van der Waals surface area contributed by atoms with Crippen molar-refractivity contribution in [3.05, 3.63) is 42.5 Å². The van der Waals surface area contributed by atoms with Gasteiger partial charge in [0.05, 0.1) is 5.75 Å². The number of Topliss-reactive ketones (excluding diaryl/α,β-unsaturated/α-hetero) is 1. The minimum atomic E-state index is -0.142. The zero-order chi connectivity index (χ0) is 16.7. The molecule has 2 aromatic rings. The van der Waals surface area contributed by atoms with E-state index in [9.17, 15) is 9.59 Å². The first-order chi connectivity index (χ1) is 11.1. The third-order valence-corrected chi connectivity index (χ3v) is 4.67. The number of hydrogen-bond acceptors (Lipinski definition) is 7. The third-order valence-electron chi connectivity index (χ3n) is 2.66. The van der Waals surface area contributed by atoms with Gasteiger partial charge in [0, 0.05) is 24.7 Å². The monoisotopic (exact) mass is 348 g/mol. The first-order valence-corrected chi connectivity index (χ1v) is 8.60. The van der Waals surface area contributed by atoms with Crippen molar-refractivity contribution in [2.24, 2.45) is 0 Å². The van der Waals surface area contributed by atoms with Gasteiger partial charge in [0.25, 0.3) is 0 Å². The minimum absolute atomic E-state index is 0.000163. The lowest BCUT2D eigenvalue weighted by Gasteiger charge is -2.03. The zero-order valence-electron chi connectivity index (χ0n) is 12.5. The van der Waals surface area contributed by atoms with Gasteiger partial charge >= 0.3 is 0 Å². The maximum atomic E-state index is 12.1. The molecule has 23 heavy (non-hydrogen) atoms. The van der Waals surface area contributed by atoms with Crippen molar-refractivity contribution in [3.63, 3.8) is 0 Å². The number of thioether (sulfide) groups is 1. The Balaban J connectivity index is 1.87. The summed E-state index contributed by atoms with van der Waals surface area (Å²) in [6, 6.07) is 6.82. The Bertz CT molecular complexity index is 698. The van der Waals surface area contributed by atoms with Crippen molar-refractivity contribution in [2.45, 2.75) is 11.3 Å². The van der Waals surface area contributed by atoms with E-state index in [1.54, 1.807) is 30.3 Å². The highest BCUT2D eigenvalue weighted by atomic mass is 32.2. The van der Waals surface area contributed by atoms with E-state index in [1.165, 1.54) is 30.0 Å². The fraction of sp³-hybridized carbons (Fsp3) is 0.200. The summed E-state index contributed by atoms with van der Waals surface area (Å²) in [5.41, 5.74) is 1.27. The first kappa shape index (κ1) is 17.2. The summed E-state index contributed by atoms with van der Waals surface area (Å²) < 4.78 is 0.736. The molecular weight excluding hydrogens is 332 g/mol. The second-order valence-corrected chi connectivity index (χ2v) is 6.71. The normalized spacial score (nSPS) is 10.1. The van der Waals surface area contributed by atoms with Gasteiger partial charge < -0.3 is 10.6 Å². The quantitative estimate of drug-likeness (QED) is 0.433. The SMILES string of the molecule is C=CCNc1nnc(SCC(=O)c2ccc(NC(C)=O)cc2)s1. The van der Waals surface area contributed by atoms with Crippen LogP contribution in [0.5, 0.6) is 0 Å². The van der Waals surface area contributed by atoms with E-state index in [0.717, 1.165) is 4.34 Å². The van der Waals surface area contributed by atoms with Gasteiger partial charge in [-0.3, -0.25) is 9.59 Å². The van der Waals surface area contributed by atoms with Crippen LogP contribution in [0.4, 0.5) is 10.8 Å². The van der Waals surface area contributed by atoms with Crippen LogP contribution < -0.4 is 10.6 Å². The van der Waals surface area contributed by atoms with Gasteiger partial charge in [-0.2, -0.15) is 0 Å². The second kappa shape index (κ2) is 8.44. The second-order valence-electron chi connectivity index (χ2n) is 4.51. The number of carbonyl (C=O) groups excluding carboxylic acids is 2. The molecule has 0 spiro atoms. The van der Waals surface area contributed by atoms with Crippen LogP contribution in [0.2, 0.25) is 0 Å². The lowest BCUT2D eigenvalue weighted by molar-refractivity contribution is -0.114. The highest BCUT2D eigenvalue weighted by Crippen LogP contribution is 2.26. The number of carbonyl (C=O) groups is 2. The van der Waals surface area contributed by atoms with Crippen molar-refractivity contribution in [1.29, 1.82) is 0 Å². The lowest BCUT2D eigenvalue weighted by atomic mass is 10.1. The van der Waals surface area contributed by atoms with E-state index in [0.29, 0.717) is 22.9 Å². The van der Waals surface area contributed by atoms with Crippen LogP contribution in [0.3, 0.4) is 0 Å². The van der Waals surface area contributed by atoms with Crippen molar-refractivity contribution in [1.82, 2.24) is 10.2 Å². The summed E-state index contributed by atoms with van der Waals surface area (Å²) in [4.78, 5) is 23.1. The number of aromatic nitrogens is 2. The Kier molecular flexibility index (Phi) is 6.30. The standard InChI is InChI=1S/C15H16N4O2S2/c1-3-8-16-14-18-19-15(23-14)22-9-13(21)11-4-6-12(7-5-11)17-10(2)20/h3-7H,1,8-9H2,2H3,(H,16,18)(H,17,20). The number of amides is 1. The number of rotatable bonds is 8. The fourth-order valence-corrected chi connectivity index (χ4v) is 3.31. The predicted molar refractivity (Wildman–Crippen MR) is 94.4 cm³/mol. The molecule has 1 amide bonds. The molecular formula is C15H16N4O2S2. The van der Waals surface area contributed by atoms with Crippen LogP contribution >= 0.6 is 23.1 Å². The molecule has 0 unspecified atom stereocenters. The van der Waals surface area contributed by atoms with E-state index < -0.39 is 0 Å². The molecule has 8 heteroatoms. The van der Waals surface area contributed by atoms with Crippen LogP contribution in [-0.4, -0.2) is 34.2 Å². The zero-order valence-corrected chi connectivity index (χ0v) is 14.2. The van der Waals surface area contributed by atoms with Gasteiger partial charge in [-0.05, 0) is 24.3 Å². The maximum Gasteiger partial charge on any atom is 0.221 e. The Labute approximate surface area is 142 Å². The largest absolute Gasteiger partial charge is 0.357 e. The molecule has 0 radical (unpaired) electrons. The molecule has 0 saturated heterocycles. The number of ketones is 1. The number of nitrogens with zero attached hydrogens (tertiary/aromatic N) is 2. The summed E-state index contributed by atoms with van der Waals surface area (Å²) >= 11 is 2.75. The number of hydrogen-bond donors (Lipinski definition) is 2. The summed E-state index contributed by atoms with van der Waals surface area (Å²) in [6.07, 6.45) is 1.74. The summed E-state index contributed by atoms with van der Waals surface area (Å²) in [6.45, 7) is 5.68.